The van der Waals surface area contributed by atoms with E-state index < -0.39 is 11.7 Å². The van der Waals surface area contributed by atoms with E-state index in [0.717, 1.165) is 12.5 Å². The Bertz CT molecular complexity index is 672. The van der Waals surface area contributed by atoms with Crippen LogP contribution in [0, 0.1) is 0 Å². The first-order valence-corrected chi connectivity index (χ1v) is 9.99. The van der Waals surface area contributed by atoms with Gasteiger partial charge in [-0.15, -0.1) is 21.0 Å². The maximum atomic E-state index is 13.3. The van der Waals surface area contributed by atoms with Gasteiger partial charge in [0.15, 0.2) is 0 Å². The topological polar surface area (TPSA) is 12.4 Å². The van der Waals surface area contributed by atoms with Gasteiger partial charge in [0.1, 0.15) is 0 Å². The molecular weight excluding hydrogens is 362 g/mol. The second kappa shape index (κ2) is 10.6. The zero-order valence-electron chi connectivity index (χ0n) is 14.5. The van der Waals surface area contributed by atoms with Crippen LogP contribution in [-0.2, 0) is 6.18 Å². The average molecular weight is 385 g/mol. The zero-order chi connectivity index (χ0) is 18.9. The van der Waals surface area contributed by atoms with Crippen molar-refractivity contribution in [3.05, 3.63) is 59.7 Å². The van der Waals surface area contributed by atoms with Gasteiger partial charge in [-0.1, -0.05) is 50.8 Å². The fraction of sp³-hybridized carbons (Fsp3) is 0.316. The summed E-state index contributed by atoms with van der Waals surface area (Å²) in [6.07, 6.45) is -2.06. The average Bonchev–Trinajstić information content (AvgIpc) is 2.62. The SMILES string of the molecule is CCC(C)Sc1c(C=Nc2ccccc2)cccc1C(F)(F)F.CP. The predicted octanol–water partition coefficient (Wildman–Crippen LogP) is 6.84. The third-order valence-electron chi connectivity index (χ3n) is 3.35. The summed E-state index contributed by atoms with van der Waals surface area (Å²) in [5.41, 5.74) is 0.609. The molecule has 2 rings (SSSR count). The summed E-state index contributed by atoms with van der Waals surface area (Å²) < 4.78 is 39.9. The van der Waals surface area contributed by atoms with Crippen LogP contribution < -0.4 is 0 Å². The van der Waals surface area contributed by atoms with Crippen molar-refractivity contribution in [2.24, 2.45) is 4.99 Å². The molecule has 0 aliphatic carbocycles. The van der Waals surface area contributed by atoms with E-state index >= 15 is 0 Å². The second-order valence-corrected chi connectivity index (χ2v) is 6.60. The number of nitrogens with zero attached hydrogens (tertiary/aromatic N) is 1. The van der Waals surface area contributed by atoms with Gasteiger partial charge in [0.2, 0.25) is 0 Å². The first-order valence-electron chi connectivity index (χ1n) is 7.95. The van der Waals surface area contributed by atoms with Gasteiger partial charge in [0, 0.05) is 21.9 Å². The molecule has 0 amide bonds. The van der Waals surface area contributed by atoms with Crippen LogP contribution >= 0.6 is 21.0 Å². The lowest BCUT2D eigenvalue weighted by molar-refractivity contribution is -0.139. The number of halogens is 3. The summed E-state index contributed by atoms with van der Waals surface area (Å²) in [6, 6.07) is 13.4. The van der Waals surface area contributed by atoms with Gasteiger partial charge in [-0.05, 0) is 24.6 Å². The predicted molar refractivity (Wildman–Crippen MR) is 106 cm³/mol. The Morgan fingerprint density at radius 3 is 2.28 bits per heavy atom. The van der Waals surface area contributed by atoms with E-state index in [0.29, 0.717) is 11.3 Å². The number of alkyl halides is 3. The van der Waals surface area contributed by atoms with E-state index in [1.165, 1.54) is 24.0 Å². The zero-order valence-corrected chi connectivity index (χ0v) is 16.5. The third kappa shape index (κ3) is 6.83. The molecule has 0 saturated heterocycles. The number of thioether (sulfide) groups is 1. The van der Waals surface area contributed by atoms with Crippen molar-refractivity contribution in [3.63, 3.8) is 0 Å². The first kappa shape index (κ1) is 21.7. The Hall–Kier alpha value is -1.32. The number of hydrogen-bond donors (Lipinski definition) is 0. The van der Waals surface area contributed by atoms with Gasteiger partial charge in [-0.25, -0.2) is 0 Å². The van der Waals surface area contributed by atoms with E-state index in [4.69, 9.17) is 0 Å². The minimum Gasteiger partial charge on any atom is -0.256 e. The van der Waals surface area contributed by atoms with Crippen molar-refractivity contribution in [2.45, 2.75) is 36.6 Å². The van der Waals surface area contributed by atoms with Crippen LogP contribution in [-0.4, -0.2) is 18.1 Å². The van der Waals surface area contributed by atoms with E-state index in [9.17, 15) is 13.2 Å². The van der Waals surface area contributed by atoms with Crippen LogP contribution in [0.4, 0.5) is 18.9 Å². The molecule has 0 saturated carbocycles. The normalized spacial score (nSPS) is 12.6. The molecule has 6 heteroatoms. The third-order valence-corrected chi connectivity index (χ3v) is 4.78. The highest BCUT2D eigenvalue weighted by atomic mass is 32.2. The highest BCUT2D eigenvalue weighted by Gasteiger charge is 2.34. The molecule has 1 nitrogen and oxygen atoms in total. The molecule has 0 aliphatic heterocycles. The number of para-hydroxylation sites is 1. The van der Waals surface area contributed by atoms with Gasteiger partial charge in [-0.2, -0.15) is 13.2 Å². The molecule has 0 aromatic heterocycles. The summed E-state index contributed by atoms with van der Waals surface area (Å²) in [5.74, 6) is 0. The number of aliphatic imine (C=N–C) groups is 1. The van der Waals surface area contributed by atoms with Gasteiger partial charge in [0.25, 0.3) is 0 Å². The van der Waals surface area contributed by atoms with E-state index in [2.05, 4.69) is 14.2 Å². The highest BCUT2D eigenvalue weighted by molar-refractivity contribution is 8.00. The van der Waals surface area contributed by atoms with Crippen LogP contribution in [0.25, 0.3) is 0 Å². The van der Waals surface area contributed by atoms with Gasteiger partial charge in [-0.3, -0.25) is 4.99 Å². The Balaban J connectivity index is 0.00000151. The van der Waals surface area contributed by atoms with E-state index in [-0.39, 0.29) is 10.1 Å². The lowest BCUT2D eigenvalue weighted by Gasteiger charge is -2.17. The maximum absolute atomic E-state index is 13.3. The number of rotatable bonds is 5. The number of benzene rings is 2. The summed E-state index contributed by atoms with van der Waals surface area (Å²) >= 11 is 1.25. The van der Waals surface area contributed by atoms with Crippen molar-refractivity contribution in [1.82, 2.24) is 0 Å². The molecule has 2 atom stereocenters. The van der Waals surface area contributed by atoms with Gasteiger partial charge < -0.3 is 0 Å². The summed E-state index contributed by atoms with van der Waals surface area (Å²) in [6.45, 7) is 5.81. The Kier molecular flexibility index (Phi) is 9.23. The maximum Gasteiger partial charge on any atom is 0.417 e. The Morgan fingerprint density at radius 2 is 1.72 bits per heavy atom. The lowest BCUT2D eigenvalue weighted by Crippen LogP contribution is -2.10. The summed E-state index contributed by atoms with van der Waals surface area (Å²) in [7, 11) is 2.42. The molecule has 25 heavy (non-hydrogen) atoms. The van der Waals surface area contributed by atoms with Gasteiger partial charge in [0.05, 0.1) is 11.3 Å². The molecule has 136 valence electrons. The van der Waals surface area contributed by atoms with Crippen LogP contribution in [0.1, 0.15) is 31.4 Å². The van der Waals surface area contributed by atoms with Crippen molar-refractivity contribution < 1.29 is 13.2 Å². The molecule has 0 spiro atoms. The lowest BCUT2D eigenvalue weighted by atomic mass is 10.1. The molecule has 0 radical (unpaired) electrons. The molecule has 0 heterocycles. The van der Waals surface area contributed by atoms with Crippen LogP contribution in [0.5, 0.6) is 0 Å². The molecular formula is C19H23F3NPS. The largest absolute Gasteiger partial charge is 0.417 e. The number of hydrogen-bond acceptors (Lipinski definition) is 2. The fourth-order valence-electron chi connectivity index (χ4n) is 1.95. The smallest absolute Gasteiger partial charge is 0.256 e. The standard InChI is InChI=1S/C18H18F3NS.CH5P/c1-3-13(2)23-17-14(8-7-11-16(17)18(19,20)21)12-22-15-9-5-4-6-10-15;1-2/h4-13H,3H2,1-2H3;2H2,1H3. The Morgan fingerprint density at radius 1 is 1.08 bits per heavy atom. The minimum absolute atomic E-state index is 0.0994. The Labute approximate surface area is 154 Å². The summed E-state index contributed by atoms with van der Waals surface area (Å²) in [5, 5.41) is 0.0994. The van der Waals surface area contributed by atoms with Crippen LogP contribution in [0.2, 0.25) is 0 Å². The molecule has 0 N–H and O–H groups in total. The van der Waals surface area contributed by atoms with Gasteiger partial charge >= 0.3 is 6.18 Å². The van der Waals surface area contributed by atoms with E-state index in [1.54, 1.807) is 6.07 Å². The monoisotopic (exact) mass is 385 g/mol. The van der Waals surface area contributed by atoms with Crippen molar-refractivity contribution >= 4 is 32.9 Å². The second-order valence-electron chi connectivity index (χ2n) is 5.15. The quantitative estimate of drug-likeness (QED) is 0.312. The fourth-order valence-corrected chi connectivity index (χ4v) is 3.09. The van der Waals surface area contributed by atoms with Crippen molar-refractivity contribution in [3.8, 4) is 0 Å². The highest BCUT2D eigenvalue weighted by Crippen LogP contribution is 2.40. The molecule has 0 bridgehead atoms. The van der Waals surface area contributed by atoms with Crippen molar-refractivity contribution in [2.75, 3.05) is 6.66 Å². The molecule has 0 aliphatic rings. The molecule has 2 aromatic rings. The minimum atomic E-state index is -4.37. The first-order chi connectivity index (χ1) is 11.9. The van der Waals surface area contributed by atoms with E-state index in [1.807, 2.05) is 50.8 Å². The molecule has 0 fully saturated rings. The molecule has 2 aromatic carbocycles. The van der Waals surface area contributed by atoms with Crippen LogP contribution in [0.3, 0.4) is 0 Å². The molecule has 2 unspecified atom stereocenters. The van der Waals surface area contributed by atoms with Crippen LogP contribution in [0.15, 0.2) is 58.4 Å². The summed E-state index contributed by atoms with van der Waals surface area (Å²) in [4.78, 5) is 4.53. The van der Waals surface area contributed by atoms with Crippen molar-refractivity contribution in [1.29, 1.82) is 0 Å².